The summed E-state index contributed by atoms with van der Waals surface area (Å²) in [5.41, 5.74) is 3.04. The van der Waals surface area contributed by atoms with Gasteiger partial charge in [-0.25, -0.2) is 14.3 Å². The molecular weight excluding hydrogens is 478 g/mol. The first-order valence-corrected chi connectivity index (χ1v) is 11.8. The highest BCUT2D eigenvalue weighted by Gasteiger charge is 2.20. The van der Waals surface area contributed by atoms with Gasteiger partial charge in [0.15, 0.2) is 0 Å². The van der Waals surface area contributed by atoms with Crippen LogP contribution >= 0.6 is 11.6 Å². The van der Waals surface area contributed by atoms with Gasteiger partial charge in [-0.05, 0) is 47.4 Å². The monoisotopic (exact) mass is 503 g/mol. The van der Waals surface area contributed by atoms with Gasteiger partial charge in [-0.2, -0.15) is 0 Å². The van der Waals surface area contributed by atoms with Gasteiger partial charge >= 0.3 is 11.7 Å². The minimum atomic E-state index is -0.976. The number of carboxylic acids is 1. The van der Waals surface area contributed by atoms with Gasteiger partial charge in [0.25, 0.3) is 0 Å². The largest absolute Gasteiger partial charge is 0.478 e. The third kappa shape index (κ3) is 5.72. The van der Waals surface area contributed by atoms with E-state index in [1.807, 2.05) is 42.5 Å². The Morgan fingerprint density at radius 3 is 2.31 bits per heavy atom. The van der Waals surface area contributed by atoms with Gasteiger partial charge in [0, 0.05) is 30.2 Å². The van der Waals surface area contributed by atoms with Crippen LogP contribution < -0.4 is 11.0 Å². The number of benzene rings is 3. The zero-order chi connectivity index (χ0) is 25.7. The fourth-order valence-corrected chi connectivity index (χ4v) is 4.06. The van der Waals surface area contributed by atoms with Crippen molar-refractivity contribution in [2.45, 2.75) is 18.9 Å². The van der Waals surface area contributed by atoms with E-state index in [1.54, 1.807) is 43.4 Å². The maximum absolute atomic E-state index is 12.7. The van der Waals surface area contributed by atoms with E-state index in [0.29, 0.717) is 36.2 Å². The molecule has 4 rings (SSSR count). The molecule has 0 spiro atoms. The van der Waals surface area contributed by atoms with Crippen LogP contribution in [-0.2, 0) is 20.0 Å². The molecule has 0 radical (unpaired) electrons. The van der Waals surface area contributed by atoms with Crippen molar-refractivity contribution < 1.29 is 9.90 Å². The van der Waals surface area contributed by atoms with Gasteiger partial charge in [-0.3, -0.25) is 4.57 Å². The lowest BCUT2D eigenvalue weighted by atomic mass is 9.90. The van der Waals surface area contributed by atoms with Crippen LogP contribution in [0.4, 0.5) is 5.95 Å². The van der Waals surface area contributed by atoms with Gasteiger partial charge in [-0.15, -0.1) is 5.10 Å². The average Bonchev–Trinajstić information content (AvgIpc) is 3.16. The highest BCUT2D eigenvalue weighted by Crippen LogP contribution is 2.23. The van der Waals surface area contributed by atoms with Gasteiger partial charge in [0.05, 0.1) is 12.1 Å². The van der Waals surface area contributed by atoms with Crippen LogP contribution in [0.1, 0.15) is 33.0 Å². The lowest BCUT2D eigenvalue weighted by Crippen LogP contribution is -2.25. The number of aryl methyl sites for hydroxylation is 2. The van der Waals surface area contributed by atoms with E-state index in [4.69, 9.17) is 22.1 Å². The summed E-state index contributed by atoms with van der Waals surface area (Å²) >= 11 is 6.02. The van der Waals surface area contributed by atoms with Crippen LogP contribution in [0.15, 0.2) is 83.7 Å². The molecule has 3 aromatic carbocycles. The first-order chi connectivity index (χ1) is 17.3. The highest BCUT2D eigenvalue weighted by molar-refractivity contribution is 6.30. The third-order valence-electron chi connectivity index (χ3n) is 6.02. The Balaban J connectivity index is 1.49. The molecule has 4 aromatic rings. The zero-order valence-corrected chi connectivity index (χ0v) is 20.4. The minimum Gasteiger partial charge on any atom is -0.478 e. The molecule has 1 unspecified atom stereocenters. The number of hydrogen-bond acceptors (Lipinski definition) is 5. The molecule has 0 aliphatic rings. The van der Waals surface area contributed by atoms with E-state index in [2.05, 4.69) is 10.4 Å². The molecule has 1 atom stereocenters. The lowest BCUT2D eigenvalue weighted by molar-refractivity contribution is 0.0697. The van der Waals surface area contributed by atoms with Crippen molar-refractivity contribution in [3.63, 3.8) is 0 Å². The normalized spacial score (nSPS) is 11.7. The Morgan fingerprint density at radius 2 is 1.67 bits per heavy atom. The van der Waals surface area contributed by atoms with Crippen molar-refractivity contribution >= 4 is 29.2 Å². The topological polar surface area (TPSA) is 113 Å². The SMILES string of the molecule is Cn1c(NCC(C(=N)c2ccc(Cl)cc2)c2ccccc2)nn(CCc2ccc(C(=O)O)cc2)c1=O. The lowest BCUT2D eigenvalue weighted by Gasteiger charge is -2.20. The Labute approximate surface area is 213 Å². The quantitative estimate of drug-likeness (QED) is 0.277. The first-order valence-electron chi connectivity index (χ1n) is 11.4. The molecule has 0 saturated heterocycles. The van der Waals surface area contributed by atoms with Gasteiger partial charge in [0.2, 0.25) is 5.95 Å². The van der Waals surface area contributed by atoms with E-state index in [9.17, 15) is 9.59 Å². The fourth-order valence-electron chi connectivity index (χ4n) is 3.93. The highest BCUT2D eigenvalue weighted by atomic mass is 35.5. The summed E-state index contributed by atoms with van der Waals surface area (Å²) in [5, 5.41) is 26.2. The molecule has 0 aliphatic carbocycles. The van der Waals surface area contributed by atoms with Crippen LogP contribution in [0.2, 0.25) is 5.02 Å². The number of halogens is 1. The van der Waals surface area contributed by atoms with E-state index in [0.717, 1.165) is 16.7 Å². The molecule has 0 fully saturated rings. The number of aromatic carboxylic acids is 1. The van der Waals surface area contributed by atoms with Crippen LogP contribution in [-0.4, -0.2) is 37.7 Å². The van der Waals surface area contributed by atoms with E-state index < -0.39 is 5.97 Å². The van der Waals surface area contributed by atoms with Gasteiger partial charge in [0.1, 0.15) is 0 Å². The maximum Gasteiger partial charge on any atom is 0.347 e. The molecule has 184 valence electrons. The smallest absolute Gasteiger partial charge is 0.347 e. The fraction of sp³-hybridized carbons (Fsp3) is 0.185. The Kier molecular flexibility index (Phi) is 7.65. The number of hydrogen-bond donors (Lipinski definition) is 3. The molecule has 0 saturated carbocycles. The summed E-state index contributed by atoms with van der Waals surface area (Å²) in [7, 11) is 1.65. The number of aromatic nitrogens is 3. The molecule has 0 bridgehead atoms. The Bertz CT molecular complexity index is 1410. The second-order valence-corrected chi connectivity index (χ2v) is 8.84. The average molecular weight is 504 g/mol. The van der Waals surface area contributed by atoms with E-state index in [1.165, 1.54) is 9.25 Å². The Hall–Kier alpha value is -4.17. The van der Waals surface area contributed by atoms with Crippen LogP contribution in [0.5, 0.6) is 0 Å². The number of nitrogens with zero attached hydrogens (tertiary/aromatic N) is 3. The summed E-state index contributed by atoms with van der Waals surface area (Å²) < 4.78 is 2.83. The standard InChI is InChI=1S/C27H26ClN5O3/c1-32-26(31-33(27(32)36)16-15-18-7-9-21(10-8-18)25(34)35)30-17-23(19-5-3-2-4-6-19)24(29)20-11-13-22(28)14-12-20/h2-14,23,29H,15-17H2,1H3,(H,30,31)(H,34,35). The van der Waals surface area contributed by atoms with Gasteiger partial charge in [-0.1, -0.05) is 66.2 Å². The van der Waals surface area contributed by atoms with Crippen molar-refractivity contribution in [3.8, 4) is 0 Å². The van der Waals surface area contributed by atoms with Crippen molar-refractivity contribution in [1.29, 1.82) is 5.41 Å². The molecular formula is C27H26ClN5O3. The number of rotatable bonds is 10. The molecule has 1 aromatic heterocycles. The molecule has 9 heteroatoms. The van der Waals surface area contributed by atoms with Crippen molar-refractivity contribution in [1.82, 2.24) is 14.3 Å². The number of carboxylic acid groups (broad SMARTS) is 1. The number of nitrogens with one attached hydrogen (secondary N) is 2. The molecule has 1 heterocycles. The predicted molar refractivity (Wildman–Crippen MR) is 141 cm³/mol. The molecule has 8 nitrogen and oxygen atoms in total. The predicted octanol–water partition coefficient (Wildman–Crippen LogP) is 4.44. The summed E-state index contributed by atoms with van der Waals surface area (Å²) in [4.78, 5) is 23.8. The van der Waals surface area contributed by atoms with Crippen LogP contribution in [0.3, 0.4) is 0 Å². The number of anilines is 1. The van der Waals surface area contributed by atoms with E-state index >= 15 is 0 Å². The van der Waals surface area contributed by atoms with Crippen LogP contribution in [0.25, 0.3) is 0 Å². The molecule has 36 heavy (non-hydrogen) atoms. The minimum absolute atomic E-state index is 0.220. The third-order valence-corrected chi connectivity index (χ3v) is 6.28. The summed E-state index contributed by atoms with van der Waals surface area (Å²) in [6.45, 7) is 0.718. The maximum atomic E-state index is 12.7. The van der Waals surface area contributed by atoms with Crippen molar-refractivity contribution in [2.75, 3.05) is 11.9 Å². The second kappa shape index (κ2) is 11.0. The summed E-state index contributed by atoms with van der Waals surface area (Å²) in [6, 6.07) is 23.5. The Morgan fingerprint density at radius 1 is 1.03 bits per heavy atom. The first kappa shape index (κ1) is 24.9. The van der Waals surface area contributed by atoms with Crippen molar-refractivity contribution in [3.05, 3.63) is 117 Å². The second-order valence-electron chi connectivity index (χ2n) is 8.41. The molecule has 3 N–H and O–H groups in total. The summed E-state index contributed by atoms with van der Waals surface area (Å²) in [6.07, 6.45) is 0.532. The van der Waals surface area contributed by atoms with Gasteiger partial charge < -0.3 is 15.8 Å². The van der Waals surface area contributed by atoms with E-state index in [-0.39, 0.29) is 17.2 Å². The zero-order valence-electron chi connectivity index (χ0n) is 19.7. The summed E-state index contributed by atoms with van der Waals surface area (Å²) in [5.74, 6) is -0.845. The number of carbonyl (C=O) groups is 1. The van der Waals surface area contributed by atoms with Crippen molar-refractivity contribution in [2.24, 2.45) is 7.05 Å². The molecule has 0 aliphatic heterocycles. The molecule has 0 amide bonds. The van der Waals surface area contributed by atoms with Crippen LogP contribution in [0, 0.1) is 5.41 Å².